The summed E-state index contributed by atoms with van der Waals surface area (Å²) in [7, 11) is 0. The lowest BCUT2D eigenvalue weighted by Gasteiger charge is -2.18. The molecule has 0 saturated heterocycles. The van der Waals surface area contributed by atoms with Crippen molar-refractivity contribution in [2.45, 2.75) is 97.3 Å². The third-order valence-corrected chi connectivity index (χ3v) is 3.98. The van der Waals surface area contributed by atoms with E-state index in [0.29, 0.717) is 0 Å². The predicted molar refractivity (Wildman–Crippen MR) is 92.1 cm³/mol. The molecule has 21 heavy (non-hydrogen) atoms. The van der Waals surface area contributed by atoms with E-state index in [9.17, 15) is 4.79 Å². The van der Waals surface area contributed by atoms with Gasteiger partial charge >= 0.3 is 0 Å². The highest BCUT2D eigenvalue weighted by atomic mass is 16.1. The Morgan fingerprint density at radius 3 is 1.71 bits per heavy atom. The molecule has 3 heteroatoms. The molecule has 0 spiro atoms. The predicted octanol–water partition coefficient (Wildman–Crippen LogP) is 5.06. The summed E-state index contributed by atoms with van der Waals surface area (Å²) in [6, 6.07) is 0. The van der Waals surface area contributed by atoms with E-state index < -0.39 is 0 Å². The summed E-state index contributed by atoms with van der Waals surface area (Å²) in [6.07, 6.45) is 17.8. The molecule has 0 rings (SSSR count). The van der Waals surface area contributed by atoms with Crippen molar-refractivity contribution >= 4 is 6.41 Å². The van der Waals surface area contributed by atoms with Gasteiger partial charge in [0, 0.05) is 13.1 Å². The number of hydrogen-bond donors (Lipinski definition) is 1. The van der Waals surface area contributed by atoms with Crippen molar-refractivity contribution < 1.29 is 4.79 Å². The Labute approximate surface area is 132 Å². The molecule has 0 aliphatic heterocycles. The second kappa shape index (κ2) is 17.5. The van der Waals surface area contributed by atoms with Gasteiger partial charge in [0.15, 0.2) is 0 Å². The van der Waals surface area contributed by atoms with Crippen molar-refractivity contribution in [2.24, 2.45) is 0 Å². The lowest BCUT2D eigenvalue weighted by Crippen LogP contribution is -2.38. The van der Waals surface area contributed by atoms with Gasteiger partial charge in [0.25, 0.3) is 0 Å². The molecule has 0 aliphatic rings. The topological polar surface area (TPSA) is 32.3 Å². The molecule has 0 aromatic rings. The SMILES string of the molecule is CCCCCCCCCN(C=O)NCCCCCCCC. The summed E-state index contributed by atoms with van der Waals surface area (Å²) in [5, 5.41) is 1.73. The van der Waals surface area contributed by atoms with Gasteiger partial charge < -0.3 is 0 Å². The Hall–Kier alpha value is -0.570. The van der Waals surface area contributed by atoms with Gasteiger partial charge in [0.2, 0.25) is 6.41 Å². The molecule has 0 radical (unpaired) electrons. The highest BCUT2D eigenvalue weighted by Gasteiger charge is 2.00. The fourth-order valence-electron chi connectivity index (χ4n) is 2.54. The van der Waals surface area contributed by atoms with Crippen LogP contribution in [0, 0.1) is 0 Å². The smallest absolute Gasteiger partial charge is 0.223 e. The van der Waals surface area contributed by atoms with Gasteiger partial charge in [0.05, 0.1) is 0 Å². The quantitative estimate of drug-likeness (QED) is 0.231. The van der Waals surface area contributed by atoms with Crippen LogP contribution in [0.5, 0.6) is 0 Å². The normalized spacial score (nSPS) is 10.8. The van der Waals surface area contributed by atoms with Crippen LogP contribution in [0.4, 0.5) is 0 Å². The highest BCUT2D eigenvalue weighted by Crippen LogP contribution is 2.07. The van der Waals surface area contributed by atoms with Crippen molar-refractivity contribution in [3.8, 4) is 0 Å². The van der Waals surface area contributed by atoms with Crippen LogP contribution in [0.25, 0.3) is 0 Å². The van der Waals surface area contributed by atoms with E-state index in [-0.39, 0.29) is 0 Å². The lowest BCUT2D eigenvalue weighted by atomic mass is 10.1. The van der Waals surface area contributed by atoms with E-state index in [1.807, 2.05) is 0 Å². The van der Waals surface area contributed by atoms with Crippen molar-refractivity contribution in [3.05, 3.63) is 0 Å². The molecule has 0 atom stereocenters. The molecule has 0 saturated carbocycles. The average molecular weight is 299 g/mol. The molecule has 1 N–H and O–H groups in total. The minimum Gasteiger partial charge on any atom is -0.281 e. The molecule has 0 fully saturated rings. The third kappa shape index (κ3) is 15.6. The first kappa shape index (κ1) is 20.4. The highest BCUT2D eigenvalue weighted by molar-refractivity contribution is 5.45. The number of hydrazine groups is 1. The van der Waals surface area contributed by atoms with Crippen molar-refractivity contribution in [3.63, 3.8) is 0 Å². The standard InChI is InChI=1S/C18H38N2O/c1-3-5-7-9-11-13-15-17-20(18-21)19-16-14-12-10-8-6-4-2/h18-19H,3-17H2,1-2H3. The summed E-state index contributed by atoms with van der Waals surface area (Å²) in [5.41, 5.74) is 3.24. The van der Waals surface area contributed by atoms with E-state index in [1.54, 1.807) is 5.01 Å². The maximum Gasteiger partial charge on any atom is 0.223 e. The molecule has 0 aromatic carbocycles. The molecule has 1 amide bonds. The fraction of sp³-hybridized carbons (Fsp3) is 0.944. The zero-order valence-corrected chi connectivity index (χ0v) is 14.5. The van der Waals surface area contributed by atoms with Gasteiger partial charge in [0.1, 0.15) is 0 Å². The zero-order valence-electron chi connectivity index (χ0n) is 14.5. The number of carbonyl (C=O) groups is 1. The summed E-state index contributed by atoms with van der Waals surface area (Å²) in [5.74, 6) is 0. The molecule has 0 aliphatic carbocycles. The van der Waals surface area contributed by atoms with Crippen molar-refractivity contribution in [2.75, 3.05) is 13.1 Å². The van der Waals surface area contributed by atoms with Crippen molar-refractivity contribution in [1.29, 1.82) is 0 Å². The molecule has 126 valence electrons. The Kier molecular flexibility index (Phi) is 17.0. The average Bonchev–Trinajstić information content (AvgIpc) is 2.51. The van der Waals surface area contributed by atoms with Gasteiger partial charge in [-0.25, -0.2) is 5.43 Å². The van der Waals surface area contributed by atoms with Gasteiger partial charge in [-0.3, -0.25) is 9.80 Å². The summed E-state index contributed by atoms with van der Waals surface area (Å²) >= 11 is 0. The second-order valence-electron chi connectivity index (χ2n) is 6.10. The Morgan fingerprint density at radius 2 is 1.19 bits per heavy atom. The molecule has 0 unspecified atom stereocenters. The van der Waals surface area contributed by atoms with Gasteiger partial charge in [-0.15, -0.1) is 0 Å². The molecule has 0 aromatic heterocycles. The number of unbranched alkanes of at least 4 members (excludes halogenated alkanes) is 11. The van der Waals surface area contributed by atoms with E-state index in [2.05, 4.69) is 19.3 Å². The summed E-state index contributed by atoms with van der Waals surface area (Å²) in [6.45, 7) is 6.28. The first-order valence-corrected chi connectivity index (χ1v) is 9.30. The number of amides is 1. The summed E-state index contributed by atoms with van der Waals surface area (Å²) in [4.78, 5) is 11.0. The van der Waals surface area contributed by atoms with Crippen molar-refractivity contribution in [1.82, 2.24) is 10.4 Å². The van der Waals surface area contributed by atoms with E-state index in [1.165, 1.54) is 77.0 Å². The van der Waals surface area contributed by atoms with Gasteiger partial charge in [-0.05, 0) is 12.8 Å². The first-order valence-electron chi connectivity index (χ1n) is 9.30. The zero-order chi connectivity index (χ0) is 15.6. The number of hydrogen-bond acceptors (Lipinski definition) is 2. The Bertz CT molecular complexity index is 191. The van der Waals surface area contributed by atoms with Crippen LogP contribution in [0.2, 0.25) is 0 Å². The maximum atomic E-state index is 11.0. The number of nitrogens with one attached hydrogen (secondary N) is 1. The number of carbonyl (C=O) groups excluding carboxylic acids is 1. The van der Waals surface area contributed by atoms with Crippen LogP contribution in [0.3, 0.4) is 0 Å². The minimum absolute atomic E-state index is 0.854. The van der Waals surface area contributed by atoms with Crippen LogP contribution >= 0.6 is 0 Å². The monoisotopic (exact) mass is 298 g/mol. The third-order valence-electron chi connectivity index (χ3n) is 3.98. The van der Waals surface area contributed by atoms with Gasteiger partial charge in [-0.1, -0.05) is 84.5 Å². The minimum atomic E-state index is 0.854. The molecule has 0 bridgehead atoms. The molecule has 0 heterocycles. The first-order chi connectivity index (χ1) is 10.3. The second-order valence-corrected chi connectivity index (χ2v) is 6.10. The van der Waals surface area contributed by atoms with Crippen LogP contribution in [-0.2, 0) is 4.79 Å². The molecule has 3 nitrogen and oxygen atoms in total. The summed E-state index contributed by atoms with van der Waals surface area (Å²) < 4.78 is 0. The van der Waals surface area contributed by atoms with E-state index in [0.717, 1.165) is 25.9 Å². The number of rotatable bonds is 17. The lowest BCUT2D eigenvalue weighted by molar-refractivity contribution is -0.121. The van der Waals surface area contributed by atoms with Gasteiger partial charge in [-0.2, -0.15) is 0 Å². The van der Waals surface area contributed by atoms with E-state index in [4.69, 9.17) is 0 Å². The van der Waals surface area contributed by atoms with E-state index >= 15 is 0 Å². The molecular weight excluding hydrogens is 260 g/mol. The number of nitrogens with zero attached hydrogens (tertiary/aromatic N) is 1. The maximum absolute atomic E-state index is 11.0. The molecular formula is C18H38N2O. The van der Waals surface area contributed by atoms with Crippen LogP contribution in [0.1, 0.15) is 97.3 Å². The van der Waals surface area contributed by atoms with Crippen LogP contribution < -0.4 is 5.43 Å². The van der Waals surface area contributed by atoms with Crippen LogP contribution in [-0.4, -0.2) is 24.5 Å². The van der Waals surface area contributed by atoms with Crippen LogP contribution in [0.15, 0.2) is 0 Å². The fourth-order valence-corrected chi connectivity index (χ4v) is 2.54. The largest absolute Gasteiger partial charge is 0.281 e. The Balaban J connectivity index is 3.31. The Morgan fingerprint density at radius 1 is 0.714 bits per heavy atom.